The van der Waals surface area contributed by atoms with Gasteiger partial charge >= 0.3 is 0 Å². The molecule has 0 heterocycles. The molecule has 1 saturated carbocycles. The van der Waals surface area contributed by atoms with E-state index in [0.717, 1.165) is 13.0 Å². The first-order valence-electron chi connectivity index (χ1n) is 7.57. The van der Waals surface area contributed by atoms with Crippen molar-refractivity contribution in [3.8, 4) is 5.75 Å². The van der Waals surface area contributed by atoms with Crippen LogP contribution >= 0.6 is 0 Å². The number of nitrogens with one attached hydrogen (secondary N) is 1. The van der Waals surface area contributed by atoms with Gasteiger partial charge in [-0.2, -0.15) is 0 Å². The van der Waals surface area contributed by atoms with Crippen molar-refractivity contribution in [2.75, 3.05) is 24.7 Å². The average molecular weight is 291 g/mol. The quantitative estimate of drug-likeness (QED) is 0.757. The second-order valence-electron chi connectivity index (χ2n) is 5.59. The molecule has 3 N–H and O–H groups in total. The third-order valence-electron chi connectivity index (χ3n) is 3.89. The summed E-state index contributed by atoms with van der Waals surface area (Å²) in [5, 5.41) is 2.92. The summed E-state index contributed by atoms with van der Waals surface area (Å²) in [5.74, 6) is 0.677. The fourth-order valence-corrected chi connectivity index (χ4v) is 2.53. The lowest BCUT2D eigenvalue weighted by atomic mass is 10.2. The van der Waals surface area contributed by atoms with Crippen LogP contribution in [0.4, 0.5) is 11.4 Å². The third kappa shape index (κ3) is 3.88. The normalized spacial score (nSPS) is 15.8. The molecule has 1 atom stereocenters. The van der Waals surface area contributed by atoms with Crippen LogP contribution in [-0.4, -0.2) is 36.5 Å². The van der Waals surface area contributed by atoms with Gasteiger partial charge in [0.2, 0.25) is 5.91 Å². The first-order valence-corrected chi connectivity index (χ1v) is 7.57. The summed E-state index contributed by atoms with van der Waals surface area (Å²) in [7, 11) is 1.59. The molecule has 1 aromatic rings. The van der Waals surface area contributed by atoms with E-state index in [0.29, 0.717) is 23.2 Å². The zero-order valence-electron chi connectivity index (χ0n) is 13.1. The predicted molar refractivity (Wildman–Crippen MR) is 85.5 cm³/mol. The van der Waals surface area contributed by atoms with Gasteiger partial charge in [0, 0.05) is 12.1 Å². The highest BCUT2D eigenvalue weighted by Gasteiger charge is 2.34. The van der Waals surface area contributed by atoms with E-state index in [9.17, 15) is 4.79 Å². The second-order valence-corrected chi connectivity index (χ2v) is 5.59. The minimum atomic E-state index is -0.140. The molecule has 1 amide bonds. The number of hydrogen-bond donors (Lipinski definition) is 2. The monoisotopic (exact) mass is 291 g/mol. The number of carbonyl (C=O) groups excluding carboxylic acids is 1. The zero-order chi connectivity index (χ0) is 15.4. The number of nitrogens with two attached hydrogens (primary N) is 1. The lowest BCUT2D eigenvalue weighted by Crippen LogP contribution is -2.43. The zero-order valence-corrected chi connectivity index (χ0v) is 13.1. The number of hydrogen-bond acceptors (Lipinski definition) is 4. The molecule has 1 aliphatic carbocycles. The standard InChI is InChI=1S/C16H25N3O2/c1-4-9-19(12-5-6-12)11(2)16(20)18-15-8-7-13(21-3)10-14(15)17/h7-8,10-12H,4-6,9,17H2,1-3H3,(H,18,20). The van der Waals surface area contributed by atoms with Gasteiger partial charge in [0.25, 0.3) is 0 Å². The number of nitrogen functional groups attached to an aromatic ring is 1. The van der Waals surface area contributed by atoms with Crippen molar-refractivity contribution in [3.63, 3.8) is 0 Å². The number of methoxy groups -OCH3 is 1. The molecule has 2 rings (SSSR count). The van der Waals surface area contributed by atoms with Gasteiger partial charge in [-0.3, -0.25) is 9.69 Å². The highest BCUT2D eigenvalue weighted by atomic mass is 16.5. The van der Waals surface area contributed by atoms with Gasteiger partial charge in [-0.1, -0.05) is 6.92 Å². The molecule has 0 spiro atoms. The van der Waals surface area contributed by atoms with Gasteiger partial charge in [0.1, 0.15) is 5.75 Å². The van der Waals surface area contributed by atoms with Gasteiger partial charge in [0.15, 0.2) is 0 Å². The molecule has 1 aliphatic rings. The van der Waals surface area contributed by atoms with E-state index < -0.39 is 0 Å². The summed E-state index contributed by atoms with van der Waals surface area (Å²) in [5.41, 5.74) is 7.10. The molecule has 116 valence electrons. The fraction of sp³-hybridized carbons (Fsp3) is 0.562. The fourth-order valence-electron chi connectivity index (χ4n) is 2.53. The lowest BCUT2D eigenvalue weighted by molar-refractivity contribution is -0.121. The van der Waals surface area contributed by atoms with Crippen LogP contribution in [0, 0.1) is 0 Å². The number of anilines is 2. The molecular formula is C16H25N3O2. The number of carbonyl (C=O) groups is 1. The first-order chi connectivity index (χ1) is 10.1. The number of benzene rings is 1. The smallest absolute Gasteiger partial charge is 0.241 e. The number of ether oxygens (including phenoxy) is 1. The maximum absolute atomic E-state index is 12.4. The molecule has 0 radical (unpaired) electrons. The van der Waals surface area contributed by atoms with Crippen molar-refractivity contribution < 1.29 is 9.53 Å². The van der Waals surface area contributed by atoms with Crippen molar-refractivity contribution in [1.29, 1.82) is 0 Å². The van der Waals surface area contributed by atoms with E-state index in [-0.39, 0.29) is 11.9 Å². The Labute approximate surface area is 126 Å². The Morgan fingerprint density at radius 3 is 2.76 bits per heavy atom. The molecule has 1 unspecified atom stereocenters. The van der Waals surface area contributed by atoms with Crippen LogP contribution in [0.15, 0.2) is 18.2 Å². The Bertz CT molecular complexity index is 500. The van der Waals surface area contributed by atoms with Crippen molar-refractivity contribution in [3.05, 3.63) is 18.2 Å². The van der Waals surface area contributed by atoms with Gasteiger partial charge < -0.3 is 15.8 Å². The summed E-state index contributed by atoms with van der Waals surface area (Å²) in [6, 6.07) is 5.71. The van der Waals surface area contributed by atoms with Crippen LogP contribution in [0.3, 0.4) is 0 Å². The maximum atomic E-state index is 12.4. The number of nitrogens with zero attached hydrogens (tertiary/aromatic N) is 1. The van der Waals surface area contributed by atoms with E-state index in [1.54, 1.807) is 25.3 Å². The second kappa shape index (κ2) is 6.80. The van der Waals surface area contributed by atoms with Crippen LogP contribution in [-0.2, 0) is 4.79 Å². The van der Waals surface area contributed by atoms with Gasteiger partial charge in [-0.05, 0) is 44.9 Å². The largest absolute Gasteiger partial charge is 0.497 e. The lowest BCUT2D eigenvalue weighted by Gasteiger charge is -2.28. The third-order valence-corrected chi connectivity index (χ3v) is 3.89. The highest BCUT2D eigenvalue weighted by Crippen LogP contribution is 2.29. The molecule has 1 aromatic carbocycles. The summed E-state index contributed by atoms with van der Waals surface area (Å²) in [6.07, 6.45) is 3.45. The minimum Gasteiger partial charge on any atom is -0.497 e. The first kappa shape index (κ1) is 15.6. The van der Waals surface area contributed by atoms with Crippen molar-refractivity contribution in [2.45, 2.75) is 45.2 Å². The number of rotatable bonds is 7. The van der Waals surface area contributed by atoms with Gasteiger partial charge in [0.05, 0.1) is 24.5 Å². The Morgan fingerprint density at radius 1 is 1.52 bits per heavy atom. The Balaban J connectivity index is 2.02. The molecule has 21 heavy (non-hydrogen) atoms. The van der Waals surface area contributed by atoms with Crippen LogP contribution in [0.1, 0.15) is 33.1 Å². The SMILES string of the molecule is CCCN(C1CC1)C(C)C(=O)Nc1ccc(OC)cc1N. The molecule has 5 nitrogen and oxygen atoms in total. The molecule has 0 bridgehead atoms. The summed E-state index contributed by atoms with van der Waals surface area (Å²) < 4.78 is 5.11. The van der Waals surface area contributed by atoms with E-state index in [4.69, 9.17) is 10.5 Å². The molecule has 0 saturated heterocycles. The summed E-state index contributed by atoms with van der Waals surface area (Å²) >= 11 is 0. The van der Waals surface area contributed by atoms with Crippen LogP contribution in [0.25, 0.3) is 0 Å². The van der Waals surface area contributed by atoms with Crippen molar-refractivity contribution >= 4 is 17.3 Å². The molecule has 0 aliphatic heterocycles. The van der Waals surface area contributed by atoms with Gasteiger partial charge in [-0.25, -0.2) is 0 Å². The maximum Gasteiger partial charge on any atom is 0.241 e. The average Bonchev–Trinajstić information content (AvgIpc) is 3.30. The van der Waals surface area contributed by atoms with E-state index in [1.807, 2.05) is 6.92 Å². The highest BCUT2D eigenvalue weighted by molar-refractivity contribution is 5.97. The van der Waals surface area contributed by atoms with E-state index >= 15 is 0 Å². The Kier molecular flexibility index (Phi) is 5.07. The Morgan fingerprint density at radius 2 is 2.24 bits per heavy atom. The van der Waals surface area contributed by atoms with Crippen molar-refractivity contribution in [2.24, 2.45) is 0 Å². The summed E-state index contributed by atoms with van der Waals surface area (Å²) in [6.45, 7) is 5.06. The van der Waals surface area contributed by atoms with E-state index in [1.165, 1.54) is 12.8 Å². The van der Waals surface area contributed by atoms with Crippen LogP contribution < -0.4 is 15.8 Å². The molecule has 0 aromatic heterocycles. The molecular weight excluding hydrogens is 266 g/mol. The summed E-state index contributed by atoms with van der Waals surface area (Å²) in [4.78, 5) is 14.7. The Hall–Kier alpha value is -1.75. The molecule has 5 heteroatoms. The minimum absolute atomic E-state index is 0.00721. The van der Waals surface area contributed by atoms with Crippen LogP contribution in [0.2, 0.25) is 0 Å². The number of amides is 1. The van der Waals surface area contributed by atoms with Crippen LogP contribution in [0.5, 0.6) is 5.75 Å². The van der Waals surface area contributed by atoms with Crippen molar-refractivity contribution in [1.82, 2.24) is 4.90 Å². The molecule has 1 fully saturated rings. The van der Waals surface area contributed by atoms with E-state index in [2.05, 4.69) is 17.1 Å². The predicted octanol–water partition coefficient (Wildman–Crippen LogP) is 2.48. The topological polar surface area (TPSA) is 67.6 Å². The van der Waals surface area contributed by atoms with Gasteiger partial charge in [-0.15, -0.1) is 0 Å².